The molecule has 0 aromatic heterocycles. The van der Waals surface area contributed by atoms with Crippen molar-refractivity contribution in [3.05, 3.63) is 98.3 Å². The maximum absolute atomic E-state index is 12.3. The maximum atomic E-state index is 12.3. The van der Waals surface area contributed by atoms with Crippen molar-refractivity contribution in [1.82, 2.24) is 0 Å². The van der Waals surface area contributed by atoms with E-state index < -0.39 is 11.9 Å². The molecule has 166 valence electrons. The van der Waals surface area contributed by atoms with E-state index in [2.05, 4.69) is 6.07 Å². The molecule has 0 aliphatic carbocycles. The predicted molar refractivity (Wildman–Crippen MR) is 125 cm³/mol. The van der Waals surface area contributed by atoms with E-state index in [1.165, 1.54) is 6.07 Å². The molecule has 3 aromatic carbocycles. The third-order valence-electron chi connectivity index (χ3n) is 4.89. The molecule has 4 rings (SSSR count). The van der Waals surface area contributed by atoms with Crippen molar-refractivity contribution in [3.8, 4) is 23.3 Å². The summed E-state index contributed by atoms with van der Waals surface area (Å²) in [5.41, 5.74) is 7.32. The van der Waals surface area contributed by atoms with Gasteiger partial charge in [0.2, 0.25) is 5.88 Å². The van der Waals surface area contributed by atoms with Crippen molar-refractivity contribution in [3.63, 3.8) is 0 Å². The summed E-state index contributed by atoms with van der Waals surface area (Å²) in [6, 6.07) is 18.7. The molecule has 0 amide bonds. The average molecular weight is 502 g/mol. The van der Waals surface area contributed by atoms with Crippen LogP contribution in [0.25, 0.3) is 0 Å². The SMILES string of the molecule is N#CC1=C(N)Oc2cc(OC(=O)COc3ccccc3Cl)ccc2C1c1c(Cl)cccc1Cl. The molecular formula is C24H15Cl3N2O4. The number of benzene rings is 3. The summed E-state index contributed by atoms with van der Waals surface area (Å²) < 4.78 is 16.4. The lowest BCUT2D eigenvalue weighted by molar-refractivity contribution is -0.136. The second-order valence-corrected chi connectivity index (χ2v) is 8.17. The van der Waals surface area contributed by atoms with Gasteiger partial charge in [-0.1, -0.05) is 59.1 Å². The van der Waals surface area contributed by atoms with Crippen LogP contribution in [0.1, 0.15) is 17.0 Å². The lowest BCUT2D eigenvalue weighted by atomic mass is 9.83. The number of rotatable bonds is 5. The molecule has 3 aromatic rings. The number of nitrogens with zero attached hydrogens (tertiary/aromatic N) is 1. The second kappa shape index (κ2) is 9.63. The van der Waals surface area contributed by atoms with Crippen molar-refractivity contribution in [1.29, 1.82) is 5.26 Å². The number of nitriles is 1. The summed E-state index contributed by atoms with van der Waals surface area (Å²) >= 11 is 18.8. The highest BCUT2D eigenvalue weighted by Crippen LogP contribution is 2.47. The van der Waals surface area contributed by atoms with E-state index in [1.54, 1.807) is 54.6 Å². The first-order chi connectivity index (χ1) is 15.9. The van der Waals surface area contributed by atoms with Crippen molar-refractivity contribution in [2.75, 3.05) is 6.61 Å². The van der Waals surface area contributed by atoms with Gasteiger partial charge in [0, 0.05) is 27.2 Å². The first-order valence-corrected chi connectivity index (χ1v) is 10.8. The lowest BCUT2D eigenvalue weighted by Crippen LogP contribution is -2.22. The number of hydrogen-bond donors (Lipinski definition) is 1. The summed E-state index contributed by atoms with van der Waals surface area (Å²) in [5.74, 6) is -0.489. The lowest BCUT2D eigenvalue weighted by Gasteiger charge is -2.27. The monoisotopic (exact) mass is 500 g/mol. The number of hydrogen-bond acceptors (Lipinski definition) is 6. The normalized spacial score (nSPS) is 14.7. The molecule has 2 N–H and O–H groups in total. The van der Waals surface area contributed by atoms with E-state index in [0.717, 1.165) is 0 Å². The fourth-order valence-electron chi connectivity index (χ4n) is 3.44. The van der Waals surface area contributed by atoms with Crippen LogP contribution in [-0.2, 0) is 4.79 Å². The number of fused-ring (bicyclic) bond motifs is 1. The van der Waals surface area contributed by atoms with Gasteiger partial charge in [-0.05, 0) is 30.3 Å². The zero-order valence-corrected chi connectivity index (χ0v) is 19.1. The predicted octanol–water partition coefficient (Wildman–Crippen LogP) is 5.85. The van der Waals surface area contributed by atoms with Crippen LogP contribution in [-0.4, -0.2) is 12.6 Å². The molecule has 1 unspecified atom stereocenters. The molecule has 6 nitrogen and oxygen atoms in total. The fraction of sp³-hybridized carbons (Fsp3) is 0.0833. The van der Waals surface area contributed by atoms with Gasteiger partial charge in [0.05, 0.1) is 10.9 Å². The number of ether oxygens (including phenoxy) is 3. The van der Waals surface area contributed by atoms with Crippen molar-refractivity contribution in [2.45, 2.75) is 5.92 Å². The van der Waals surface area contributed by atoms with Gasteiger partial charge >= 0.3 is 5.97 Å². The van der Waals surface area contributed by atoms with Crippen LogP contribution < -0.4 is 19.9 Å². The molecule has 9 heteroatoms. The molecule has 0 radical (unpaired) electrons. The number of para-hydroxylation sites is 1. The molecule has 0 spiro atoms. The standard InChI is InChI=1S/C24H15Cl3N2O4/c25-16-4-1-2-7-19(16)31-12-21(30)32-13-8-9-14-20(10-13)33-24(29)15(11-28)22(14)23-17(26)5-3-6-18(23)27/h1-10,22H,12,29H2. The van der Waals surface area contributed by atoms with E-state index in [0.29, 0.717) is 37.7 Å². The summed E-state index contributed by atoms with van der Waals surface area (Å²) in [5, 5.41) is 10.8. The smallest absolute Gasteiger partial charge is 0.349 e. The van der Waals surface area contributed by atoms with Gasteiger partial charge in [-0.2, -0.15) is 5.26 Å². The van der Waals surface area contributed by atoms with Gasteiger partial charge in [0.1, 0.15) is 28.9 Å². The summed E-state index contributed by atoms with van der Waals surface area (Å²) in [6.45, 7) is -0.347. The van der Waals surface area contributed by atoms with Crippen LogP contribution in [0.3, 0.4) is 0 Å². The third kappa shape index (κ3) is 4.71. The Morgan fingerprint density at radius 1 is 1.03 bits per heavy atom. The molecule has 33 heavy (non-hydrogen) atoms. The molecular weight excluding hydrogens is 487 g/mol. The largest absolute Gasteiger partial charge is 0.480 e. The van der Waals surface area contributed by atoms with Crippen LogP contribution in [0.4, 0.5) is 0 Å². The Hall–Kier alpha value is -3.37. The molecule has 0 saturated carbocycles. The zero-order valence-electron chi connectivity index (χ0n) is 16.8. The number of carbonyl (C=O) groups is 1. The molecule has 1 atom stereocenters. The Bertz CT molecular complexity index is 1300. The molecule has 0 fully saturated rings. The minimum absolute atomic E-state index is 0.0866. The quantitative estimate of drug-likeness (QED) is 0.348. The van der Waals surface area contributed by atoms with Gasteiger partial charge in [0.25, 0.3) is 0 Å². The van der Waals surface area contributed by atoms with E-state index >= 15 is 0 Å². The van der Waals surface area contributed by atoms with Gasteiger partial charge < -0.3 is 19.9 Å². The molecule has 1 aliphatic heterocycles. The highest BCUT2D eigenvalue weighted by atomic mass is 35.5. The first kappa shape index (κ1) is 22.8. The topological polar surface area (TPSA) is 94.6 Å². The Labute approximate surface area is 204 Å². The number of nitrogens with two attached hydrogens (primary N) is 1. The van der Waals surface area contributed by atoms with Gasteiger partial charge in [0.15, 0.2) is 6.61 Å². The number of carbonyl (C=O) groups excluding carboxylic acids is 1. The third-order valence-corrected chi connectivity index (χ3v) is 5.86. The van der Waals surface area contributed by atoms with Crippen molar-refractivity contribution >= 4 is 40.8 Å². The summed E-state index contributed by atoms with van der Waals surface area (Å²) in [7, 11) is 0. The van der Waals surface area contributed by atoms with Gasteiger partial charge in [-0.15, -0.1) is 0 Å². The zero-order chi connectivity index (χ0) is 23.5. The van der Waals surface area contributed by atoms with Crippen LogP contribution in [0, 0.1) is 11.3 Å². The Morgan fingerprint density at radius 3 is 2.42 bits per heavy atom. The Kier molecular flexibility index (Phi) is 6.66. The van der Waals surface area contributed by atoms with Crippen LogP contribution in [0.5, 0.6) is 17.2 Å². The Balaban J connectivity index is 1.60. The minimum atomic E-state index is -0.645. The van der Waals surface area contributed by atoms with Crippen LogP contribution in [0.2, 0.25) is 15.1 Å². The summed E-state index contributed by atoms with van der Waals surface area (Å²) in [4.78, 5) is 12.3. The number of esters is 1. The highest BCUT2D eigenvalue weighted by Gasteiger charge is 2.33. The van der Waals surface area contributed by atoms with E-state index in [9.17, 15) is 10.1 Å². The number of halogens is 3. The molecule has 0 saturated heterocycles. The summed E-state index contributed by atoms with van der Waals surface area (Å²) in [6.07, 6.45) is 0. The highest BCUT2D eigenvalue weighted by molar-refractivity contribution is 6.36. The molecule has 1 heterocycles. The van der Waals surface area contributed by atoms with E-state index in [-0.39, 0.29) is 23.8 Å². The van der Waals surface area contributed by atoms with Crippen molar-refractivity contribution < 1.29 is 19.0 Å². The molecule has 1 aliphatic rings. The minimum Gasteiger partial charge on any atom is -0.480 e. The van der Waals surface area contributed by atoms with E-state index in [1.807, 2.05) is 0 Å². The maximum Gasteiger partial charge on any atom is 0.349 e. The van der Waals surface area contributed by atoms with Gasteiger partial charge in [-0.25, -0.2) is 4.79 Å². The average Bonchev–Trinajstić information content (AvgIpc) is 2.78. The second-order valence-electron chi connectivity index (χ2n) is 6.95. The van der Waals surface area contributed by atoms with E-state index in [4.69, 9.17) is 54.7 Å². The van der Waals surface area contributed by atoms with Crippen LogP contribution in [0.15, 0.2) is 72.1 Å². The van der Waals surface area contributed by atoms with Crippen LogP contribution >= 0.6 is 34.8 Å². The Morgan fingerprint density at radius 2 is 1.73 bits per heavy atom. The molecule has 0 bridgehead atoms. The van der Waals surface area contributed by atoms with Gasteiger partial charge in [-0.3, -0.25) is 0 Å². The number of allylic oxidation sites excluding steroid dienone is 1. The van der Waals surface area contributed by atoms with Crippen molar-refractivity contribution in [2.24, 2.45) is 5.73 Å². The fourth-order valence-corrected chi connectivity index (χ4v) is 4.25. The first-order valence-electron chi connectivity index (χ1n) is 9.62.